The van der Waals surface area contributed by atoms with E-state index in [1.807, 2.05) is 11.5 Å². The van der Waals surface area contributed by atoms with E-state index in [-0.39, 0.29) is 29.7 Å². The van der Waals surface area contributed by atoms with Crippen molar-refractivity contribution >= 4 is 29.1 Å². The average Bonchev–Trinajstić information content (AvgIpc) is 3.42. The number of nitrogens with one attached hydrogen (secondary N) is 2. The summed E-state index contributed by atoms with van der Waals surface area (Å²) in [4.78, 5) is 48.2. The number of likely N-dealkylation sites (N-methyl/N-ethyl adjacent to an activating group) is 1. The van der Waals surface area contributed by atoms with Gasteiger partial charge in [-0.05, 0) is 45.4 Å². The Morgan fingerprint density at radius 2 is 1.87 bits per heavy atom. The molecule has 0 atom stereocenters. The quantitative estimate of drug-likeness (QED) is 0.721. The molecule has 1 saturated heterocycles. The molecule has 10 nitrogen and oxygen atoms in total. The summed E-state index contributed by atoms with van der Waals surface area (Å²) in [7, 11) is 1.76. The predicted molar refractivity (Wildman–Crippen MR) is 115 cm³/mol. The van der Waals surface area contributed by atoms with Crippen LogP contribution in [0.15, 0.2) is 11.0 Å². The molecule has 3 amide bonds. The van der Waals surface area contributed by atoms with Crippen LogP contribution in [0.2, 0.25) is 0 Å². The Hall–Kier alpha value is -2.91. The lowest BCUT2D eigenvalue weighted by Crippen LogP contribution is -2.53. The lowest BCUT2D eigenvalue weighted by atomic mass is 9.78. The second-order valence-corrected chi connectivity index (χ2v) is 9.01. The Morgan fingerprint density at radius 1 is 1.16 bits per heavy atom. The number of anilines is 1. The van der Waals surface area contributed by atoms with Crippen LogP contribution < -0.4 is 16.3 Å². The van der Waals surface area contributed by atoms with Crippen molar-refractivity contribution in [3.63, 3.8) is 0 Å². The maximum atomic E-state index is 12.8. The molecule has 2 aromatic heterocycles. The zero-order valence-electron chi connectivity index (χ0n) is 18.1. The number of imidazole rings is 1. The van der Waals surface area contributed by atoms with Gasteiger partial charge in [0.25, 0.3) is 5.91 Å². The van der Waals surface area contributed by atoms with Crippen LogP contribution >= 0.6 is 0 Å². The molecule has 5 rings (SSSR count). The number of aromatic nitrogens is 4. The molecule has 10 heteroatoms. The number of aryl methyl sites for hydroxylation is 1. The number of amides is 3. The van der Waals surface area contributed by atoms with Gasteiger partial charge in [-0.2, -0.15) is 4.98 Å². The van der Waals surface area contributed by atoms with Crippen LogP contribution in [0.5, 0.6) is 0 Å². The lowest BCUT2D eigenvalue weighted by Gasteiger charge is -2.40. The Labute approximate surface area is 180 Å². The molecule has 2 aliphatic carbocycles. The summed E-state index contributed by atoms with van der Waals surface area (Å²) in [6, 6.07) is 0.0224. The van der Waals surface area contributed by atoms with Gasteiger partial charge in [-0.15, -0.1) is 0 Å². The first kappa shape index (κ1) is 20.0. The van der Waals surface area contributed by atoms with Gasteiger partial charge < -0.3 is 10.2 Å². The van der Waals surface area contributed by atoms with E-state index in [1.165, 1.54) is 0 Å². The van der Waals surface area contributed by atoms with Gasteiger partial charge >= 0.3 is 11.7 Å². The van der Waals surface area contributed by atoms with Gasteiger partial charge in [-0.25, -0.2) is 14.6 Å². The molecule has 3 heterocycles. The van der Waals surface area contributed by atoms with Crippen LogP contribution in [0, 0.1) is 0 Å². The van der Waals surface area contributed by atoms with E-state index in [9.17, 15) is 14.4 Å². The van der Waals surface area contributed by atoms with Crippen molar-refractivity contribution in [2.24, 2.45) is 7.05 Å². The van der Waals surface area contributed by atoms with E-state index in [2.05, 4.69) is 15.6 Å². The van der Waals surface area contributed by atoms with Crippen molar-refractivity contribution in [1.29, 1.82) is 0 Å². The summed E-state index contributed by atoms with van der Waals surface area (Å²) in [5.41, 5.74) is 0.661. The number of imide groups is 1. The van der Waals surface area contributed by atoms with Crippen LogP contribution in [0.25, 0.3) is 11.2 Å². The first-order valence-corrected chi connectivity index (χ1v) is 11.3. The normalized spacial score (nSPS) is 26.9. The molecule has 3 aliphatic rings. The summed E-state index contributed by atoms with van der Waals surface area (Å²) in [5, 5.41) is 5.87. The minimum absolute atomic E-state index is 0.0375. The highest BCUT2D eigenvalue weighted by molar-refractivity contribution is 6.07. The molecule has 2 aromatic rings. The number of carbonyl (C=O) groups excluding carboxylic acids is 2. The number of hydrogen-bond donors (Lipinski definition) is 2. The summed E-state index contributed by atoms with van der Waals surface area (Å²) < 4.78 is 3.45. The van der Waals surface area contributed by atoms with Crippen LogP contribution in [-0.4, -0.2) is 54.1 Å². The molecule has 0 bridgehead atoms. The van der Waals surface area contributed by atoms with Crippen LogP contribution in [0.3, 0.4) is 0 Å². The van der Waals surface area contributed by atoms with Gasteiger partial charge in [-0.3, -0.25) is 19.2 Å². The highest BCUT2D eigenvalue weighted by Crippen LogP contribution is 2.38. The predicted octanol–water partition coefficient (Wildman–Crippen LogP) is 1.91. The second-order valence-electron chi connectivity index (χ2n) is 9.01. The fraction of sp³-hybridized carbons (Fsp3) is 0.667. The summed E-state index contributed by atoms with van der Waals surface area (Å²) >= 11 is 0. The topological polar surface area (TPSA) is 114 Å². The van der Waals surface area contributed by atoms with Gasteiger partial charge in [-0.1, -0.05) is 12.8 Å². The number of nitrogens with zero attached hydrogens (tertiary/aromatic N) is 5. The molecule has 1 aliphatic heterocycles. The first-order valence-electron chi connectivity index (χ1n) is 11.3. The molecule has 31 heavy (non-hydrogen) atoms. The number of rotatable bonds is 4. The molecule has 1 spiro atoms. The largest absolute Gasteiger partial charge is 0.351 e. The lowest BCUT2D eigenvalue weighted by molar-refractivity contribution is -0.128. The smallest absolute Gasteiger partial charge is 0.330 e. The molecule has 0 unspecified atom stereocenters. The number of hydrogen-bond acceptors (Lipinski definition) is 6. The number of urea groups is 1. The molecular weight excluding hydrogens is 398 g/mol. The SMILES string of the molecule is CCN1C(=O)NC(=O)C12CCC(Nc1ncc3c(n1)n(C1CCCC1)c(=O)n3C)CC2. The third kappa shape index (κ3) is 3.02. The summed E-state index contributed by atoms with van der Waals surface area (Å²) in [6.45, 7) is 2.42. The maximum absolute atomic E-state index is 12.8. The van der Waals surface area contributed by atoms with E-state index in [1.54, 1.807) is 22.7 Å². The Bertz CT molecular complexity index is 1090. The molecule has 0 radical (unpaired) electrons. The van der Waals surface area contributed by atoms with Gasteiger partial charge in [0.15, 0.2) is 5.65 Å². The molecular formula is C21H29N7O3. The van der Waals surface area contributed by atoms with Crippen LogP contribution in [-0.2, 0) is 11.8 Å². The Morgan fingerprint density at radius 3 is 2.55 bits per heavy atom. The fourth-order valence-electron chi connectivity index (χ4n) is 5.66. The van der Waals surface area contributed by atoms with E-state index < -0.39 is 5.54 Å². The van der Waals surface area contributed by atoms with E-state index in [4.69, 9.17) is 4.98 Å². The maximum Gasteiger partial charge on any atom is 0.330 e. The highest BCUT2D eigenvalue weighted by atomic mass is 16.2. The van der Waals surface area contributed by atoms with Crippen molar-refractivity contribution in [1.82, 2.24) is 29.3 Å². The monoisotopic (exact) mass is 427 g/mol. The van der Waals surface area contributed by atoms with Crippen molar-refractivity contribution < 1.29 is 9.59 Å². The van der Waals surface area contributed by atoms with E-state index in [0.717, 1.165) is 44.0 Å². The van der Waals surface area contributed by atoms with Gasteiger partial charge in [0.1, 0.15) is 11.1 Å². The van der Waals surface area contributed by atoms with E-state index in [0.29, 0.717) is 31.0 Å². The van der Waals surface area contributed by atoms with Gasteiger partial charge in [0.05, 0.1) is 6.20 Å². The Kier molecular flexibility index (Phi) is 4.75. The van der Waals surface area contributed by atoms with Crippen LogP contribution in [0.1, 0.15) is 64.3 Å². The molecule has 166 valence electrons. The second kappa shape index (κ2) is 7.35. The zero-order chi connectivity index (χ0) is 21.8. The first-order chi connectivity index (χ1) is 14.9. The minimum atomic E-state index is -0.725. The standard InChI is InChI=1S/C21H29N7O3/c1-3-27-19(30)25-17(29)21(27)10-8-13(9-11-21)23-18-22-12-15-16(24-18)28(20(31)26(15)2)14-6-4-5-7-14/h12-14H,3-11H2,1-2H3,(H,22,23,24)(H,25,29,30). The number of carbonyl (C=O) groups is 2. The van der Waals surface area contributed by atoms with Gasteiger partial charge in [0.2, 0.25) is 5.95 Å². The zero-order valence-corrected chi connectivity index (χ0v) is 18.1. The fourth-order valence-corrected chi connectivity index (χ4v) is 5.66. The Balaban J connectivity index is 1.36. The molecule has 0 aromatic carbocycles. The molecule has 3 fully saturated rings. The molecule has 2 N–H and O–H groups in total. The summed E-state index contributed by atoms with van der Waals surface area (Å²) in [6.07, 6.45) is 8.69. The number of fused-ring (bicyclic) bond motifs is 1. The van der Waals surface area contributed by atoms with Crippen molar-refractivity contribution in [2.75, 3.05) is 11.9 Å². The minimum Gasteiger partial charge on any atom is -0.351 e. The summed E-state index contributed by atoms with van der Waals surface area (Å²) in [5.74, 6) is 0.324. The third-order valence-electron chi connectivity index (χ3n) is 7.39. The molecule has 2 saturated carbocycles. The van der Waals surface area contributed by atoms with Crippen LogP contribution in [0.4, 0.5) is 10.7 Å². The third-order valence-corrected chi connectivity index (χ3v) is 7.39. The van der Waals surface area contributed by atoms with Gasteiger partial charge in [0, 0.05) is 25.7 Å². The van der Waals surface area contributed by atoms with Crippen molar-refractivity contribution in [3.05, 3.63) is 16.7 Å². The van der Waals surface area contributed by atoms with Crippen molar-refractivity contribution in [3.8, 4) is 0 Å². The van der Waals surface area contributed by atoms with E-state index >= 15 is 0 Å². The highest BCUT2D eigenvalue weighted by Gasteiger charge is 2.53. The average molecular weight is 428 g/mol. The van der Waals surface area contributed by atoms with Crippen molar-refractivity contribution in [2.45, 2.75) is 75.9 Å².